The molecule has 1 fully saturated rings. The Morgan fingerprint density at radius 1 is 1.58 bits per heavy atom. The van der Waals surface area contributed by atoms with Crippen LogP contribution in [-0.4, -0.2) is 14.6 Å². The zero-order valence-corrected chi connectivity index (χ0v) is 8.90. The molecule has 0 bridgehead atoms. The van der Waals surface area contributed by atoms with Gasteiger partial charge in [-0.3, -0.25) is 0 Å². The average Bonchev–Trinajstić information content (AvgIpc) is 2.57. The second-order valence-electron chi connectivity index (χ2n) is 3.01. The number of aromatic nitrogens is 1. The van der Waals surface area contributed by atoms with E-state index in [0.29, 0.717) is 6.04 Å². The van der Waals surface area contributed by atoms with Gasteiger partial charge in [-0.05, 0) is 12.8 Å². The molecule has 0 aliphatic carbocycles. The van der Waals surface area contributed by atoms with E-state index in [1.165, 1.54) is 19.3 Å². The zero-order chi connectivity index (χ0) is 8.39. The lowest BCUT2D eigenvalue weighted by molar-refractivity contribution is 0.256. The van der Waals surface area contributed by atoms with Crippen molar-refractivity contribution in [3.63, 3.8) is 0 Å². The summed E-state index contributed by atoms with van der Waals surface area (Å²) in [5.41, 5.74) is 0. The van der Waals surface area contributed by atoms with E-state index in [0.717, 1.165) is 12.4 Å². The highest BCUT2D eigenvalue weighted by atomic mass is 127. The first-order valence-electron chi connectivity index (χ1n) is 4.20. The molecule has 2 rings (SSSR count). The number of rotatable bonds is 1. The van der Waals surface area contributed by atoms with Crippen LogP contribution in [0, 0.1) is 0 Å². The van der Waals surface area contributed by atoms with E-state index in [2.05, 4.69) is 31.0 Å². The molecule has 0 unspecified atom stereocenters. The predicted octanol–water partition coefficient (Wildman–Crippen LogP) is 2.55. The third-order valence-electron chi connectivity index (χ3n) is 2.17. The first kappa shape index (κ1) is 8.50. The fraction of sp³-hybridized carbons (Fsp3) is 0.625. The Balaban J connectivity index is 2.11. The third-order valence-corrected chi connectivity index (χ3v) is 3.33. The number of hydrogen-bond acceptors (Lipinski definition) is 3. The van der Waals surface area contributed by atoms with E-state index in [4.69, 9.17) is 4.42 Å². The van der Waals surface area contributed by atoms with Crippen LogP contribution in [0.15, 0.2) is 16.9 Å². The molecule has 2 heterocycles. The summed E-state index contributed by atoms with van der Waals surface area (Å²) in [5, 5.41) is 0. The Kier molecular flexibility index (Phi) is 2.65. The Labute approximate surface area is 85.6 Å². The van der Waals surface area contributed by atoms with Crippen LogP contribution in [0.3, 0.4) is 0 Å². The minimum atomic E-state index is 0.398. The van der Waals surface area contributed by atoms with Gasteiger partial charge in [0, 0.05) is 29.4 Å². The van der Waals surface area contributed by atoms with Gasteiger partial charge in [0.05, 0.1) is 12.2 Å². The highest BCUT2D eigenvalue weighted by Gasteiger charge is 2.24. The molecule has 1 aliphatic rings. The summed E-state index contributed by atoms with van der Waals surface area (Å²) < 4.78 is 7.57. The van der Waals surface area contributed by atoms with E-state index >= 15 is 0 Å². The summed E-state index contributed by atoms with van der Waals surface area (Å²) in [6.07, 6.45) is 7.11. The van der Waals surface area contributed by atoms with Crippen molar-refractivity contribution in [1.82, 2.24) is 8.10 Å². The number of nitrogens with zero attached hydrogens (tertiary/aromatic N) is 2. The fourth-order valence-electron chi connectivity index (χ4n) is 1.54. The third kappa shape index (κ3) is 1.64. The van der Waals surface area contributed by atoms with Gasteiger partial charge in [0.1, 0.15) is 6.26 Å². The Morgan fingerprint density at radius 2 is 2.50 bits per heavy atom. The molecule has 1 saturated heterocycles. The van der Waals surface area contributed by atoms with Gasteiger partial charge >= 0.3 is 0 Å². The summed E-state index contributed by atoms with van der Waals surface area (Å²) in [5.74, 6) is 0.865. The maximum Gasteiger partial charge on any atom is 0.212 e. The first-order valence-corrected chi connectivity index (χ1v) is 5.16. The van der Waals surface area contributed by atoms with Gasteiger partial charge in [-0.2, -0.15) is 0 Å². The number of halogens is 1. The maximum absolute atomic E-state index is 5.29. The molecule has 1 aliphatic heterocycles. The number of piperidine rings is 1. The first-order chi connectivity index (χ1) is 5.88. The molecule has 0 aromatic carbocycles. The molecule has 0 amide bonds. The van der Waals surface area contributed by atoms with E-state index < -0.39 is 0 Å². The lowest BCUT2D eigenvalue weighted by Crippen LogP contribution is -2.24. The average molecular weight is 278 g/mol. The summed E-state index contributed by atoms with van der Waals surface area (Å²) in [4.78, 5) is 4.18. The zero-order valence-electron chi connectivity index (χ0n) is 6.74. The quantitative estimate of drug-likeness (QED) is 0.584. The van der Waals surface area contributed by atoms with Crippen molar-refractivity contribution >= 4 is 22.9 Å². The Hall–Kier alpha value is -0.100. The van der Waals surface area contributed by atoms with E-state index in [1.807, 2.05) is 0 Å². The van der Waals surface area contributed by atoms with Crippen molar-refractivity contribution in [2.45, 2.75) is 25.3 Å². The molecule has 1 atom stereocenters. The van der Waals surface area contributed by atoms with Crippen LogP contribution >= 0.6 is 22.9 Å². The second-order valence-corrected chi connectivity index (χ2v) is 4.24. The van der Waals surface area contributed by atoms with Gasteiger partial charge in [-0.25, -0.2) is 8.10 Å². The molecule has 0 radical (unpaired) electrons. The van der Waals surface area contributed by atoms with E-state index in [9.17, 15) is 0 Å². The minimum absolute atomic E-state index is 0.398. The van der Waals surface area contributed by atoms with E-state index in [1.54, 1.807) is 12.5 Å². The van der Waals surface area contributed by atoms with Crippen molar-refractivity contribution in [2.75, 3.05) is 6.54 Å². The Bertz CT molecular complexity index is 237. The normalized spacial score (nSPS) is 25.9. The topological polar surface area (TPSA) is 29.3 Å². The molecule has 66 valence electrons. The Morgan fingerprint density at radius 3 is 3.17 bits per heavy atom. The van der Waals surface area contributed by atoms with Gasteiger partial charge in [-0.15, -0.1) is 0 Å². The van der Waals surface area contributed by atoms with Crippen LogP contribution in [-0.2, 0) is 0 Å². The number of hydrogen-bond donors (Lipinski definition) is 0. The summed E-state index contributed by atoms with van der Waals surface area (Å²) in [6, 6.07) is 0.398. The second kappa shape index (κ2) is 3.74. The van der Waals surface area contributed by atoms with Crippen LogP contribution in [0.1, 0.15) is 31.2 Å². The van der Waals surface area contributed by atoms with Crippen LogP contribution in [0.2, 0.25) is 0 Å². The van der Waals surface area contributed by atoms with Crippen molar-refractivity contribution in [3.05, 3.63) is 18.4 Å². The predicted molar refractivity (Wildman–Crippen MR) is 53.8 cm³/mol. The van der Waals surface area contributed by atoms with Gasteiger partial charge in [-0.1, -0.05) is 6.42 Å². The molecule has 4 heteroatoms. The minimum Gasteiger partial charge on any atom is -0.447 e. The summed E-state index contributed by atoms with van der Waals surface area (Å²) in [7, 11) is 0. The fourth-order valence-corrected chi connectivity index (χ4v) is 2.40. The van der Waals surface area contributed by atoms with Crippen LogP contribution in [0.5, 0.6) is 0 Å². The highest BCUT2D eigenvalue weighted by Crippen LogP contribution is 2.32. The largest absolute Gasteiger partial charge is 0.447 e. The molecule has 0 saturated carbocycles. The molecule has 1 aromatic heterocycles. The molecule has 0 spiro atoms. The van der Waals surface area contributed by atoms with Crippen LogP contribution < -0.4 is 0 Å². The van der Waals surface area contributed by atoms with Gasteiger partial charge in [0.25, 0.3) is 0 Å². The van der Waals surface area contributed by atoms with Crippen molar-refractivity contribution in [3.8, 4) is 0 Å². The number of oxazole rings is 1. The summed E-state index contributed by atoms with van der Waals surface area (Å²) in [6.45, 7) is 1.15. The lowest BCUT2D eigenvalue weighted by atomic mass is 10.1. The monoisotopic (exact) mass is 278 g/mol. The molecule has 1 aromatic rings. The molecular formula is C8H11IN2O. The lowest BCUT2D eigenvalue weighted by Gasteiger charge is -2.27. The van der Waals surface area contributed by atoms with Crippen molar-refractivity contribution in [2.24, 2.45) is 0 Å². The van der Waals surface area contributed by atoms with E-state index in [-0.39, 0.29) is 0 Å². The maximum atomic E-state index is 5.29. The van der Waals surface area contributed by atoms with Crippen LogP contribution in [0.25, 0.3) is 0 Å². The van der Waals surface area contributed by atoms with Crippen LogP contribution in [0.4, 0.5) is 0 Å². The SMILES string of the molecule is IN1CCCC[C@H]1c1ncco1. The molecule has 3 nitrogen and oxygen atoms in total. The van der Waals surface area contributed by atoms with Gasteiger partial charge in [0.2, 0.25) is 5.89 Å². The molecule has 0 N–H and O–H groups in total. The van der Waals surface area contributed by atoms with Gasteiger partial charge in [0.15, 0.2) is 0 Å². The highest BCUT2D eigenvalue weighted by molar-refractivity contribution is 14.1. The summed E-state index contributed by atoms with van der Waals surface area (Å²) >= 11 is 2.35. The smallest absolute Gasteiger partial charge is 0.212 e. The molecule has 12 heavy (non-hydrogen) atoms. The molecular weight excluding hydrogens is 267 g/mol. The standard InChI is InChI=1S/C8H11IN2O/c9-11-5-2-1-3-7(11)8-10-4-6-12-8/h4,6-7H,1-3,5H2/t7-/m0/s1. The van der Waals surface area contributed by atoms with Gasteiger partial charge < -0.3 is 4.42 Å². The van der Waals surface area contributed by atoms with Crippen molar-refractivity contribution in [1.29, 1.82) is 0 Å². The van der Waals surface area contributed by atoms with Crippen molar-refractivity contribution < 1.29 is 4.42 Å².